The molecule has 3 aromatic heterocycles. The van der Waals surface area contributed by atoms with Gasteiger partial charge in [0, 0.05) is 75.9 Å². The van der Waals surface area contributed by atoms with Crippen LogP contribution in [0.5, 0.6) is 0 Å². The molecule has 0 aliphatic carbocycles. The molecule has 22 nitrogen and oxygen atoms in total. The zero-order chi connectivity index (χ0) is 51.8. The molecule has 0 spiro atoms. The monoisotopic (exact) mass is 982 g/mol. The molecule has 23 heteroatoms. The van der Waals surface area contributed by atoms with Gasteiger partial charge in [0.15, 0.2) is 0 Å². The summed E-state index contributed by atoms with van der Waals surface area (Å²) in [4.78, 5) is 80.3. The molecule has 3 aromatic rings. The van der Waals surface area contributed by atoms with Gasteiger partial charge in [0.05, 0.1) is 36.6 Å². The Bertz CT molecular complexity index is 2520. The Kier molecular flexibility index (Phi) is 20.7. The molecule has 3 fully saturated rings. The molecule has 0 radical (unpaired) electrons. The van der Waals surface area contributed by atoms with Crippen LogP contribution in [-0.2, 0) is 23.3 Å². The van der Waals surface area contributed by atoms with Crippen molar-refractivity contribution >= 4 is 8.53 Å². The molecule has 0 amide bonds. The van der Waals surface area contributed by atoms with E-state index in [9.17, 15) is 39.0 Å². The maximum atomic E-state index is 12.4. The lowest BCUT2D eigenvalue weighted by atomic mass is 10.1. The first kappa shape index (κ1) is 53.0. The van der Waals surface area contributed by atoms with Gasteiger partial charge < -0.3 is 44.0 Å². The van der Waals surface area contributed by atoms with Crippen molar-refractivity contribution in [1.82, 2.24) is 33.3 Å². The number of ether oxygens (including phenoxy) is 3. The summed E-state index contributed by atoms with van der Waals surface area (Å²) in [6, 6.07) is 0.349. The molecule has 1 unspecified atom stereocenters. The fourth-order valence-electron chi connectivity index (χ4n) is 7.98. The molecule has 3 aliphatic heterocycles. The molecule has 0 bridgehead atoms. The Morgan fingerprint density at radius 3 is 1.57 bits per heavy atom. The lowest BCUT2D eigenvalue weighted by Crippen LogP contribution is -2.36. The van der Waals surface area contributed by atoms with Crippen LogP contribution < -0.4 is 39.5 Å². The number of H-pyrrole nitrogens is 3. The summed E-state index contributed by atoms with van der Waals surface area (Å²) < 4.78 is 50.7. The fourth-order valence-corrected chi connectivity index (χ4v) is 9.73. The van der Waals surface area contributed by atoms with Gasteiger partial charge in [-0.2, -0.15) is 0 Å². The van der Waals surface area contributed by atoms with Crippen molar-refractivity contribution in [3.63, 3.8) is 0 Å². The molecule has 6 heterocycles. The van der Waals surface area contributed by atoms with Crippen LogP contribution in [0, 0.1) is 27.3 Å². The summed E-state index contributed by atoms with van der Waals surface area (Å²) in [6.07, 6.45) is 5.63. The number of nitrogens with zero attached hydrogens (tertiary/aromatic N) is 5. The summed E-state index contributed by atoms with van der Waals surface area (Å²) >= 11 is 0. The molecule has 6 rings (SSSR count). The Labute approximate surface area is 399 Å². The Hall–Kier alpha value is -4.40. The largest absolute Gasteiger partial charge is 0.390 e. The Morgan fingerprint density at radius 1 is 0.750 bits per heavy atom. The first-order valence-electron chi connectivity index (χ1n) is 24.4. The predicted molar refractivity (Wildman–Crippen MR) is 255 cm³/mol. The lowest BCUT2D eigenvalue weighted by molar-refractivity contribution is -0.0251. The number of aliphatic hydroxyl groups is 2. The minimum atomic E-state index is -1.45. The van der Waals surface area contributed by atoms with Gasteiger partial charge in [-0.25, -0.2) is 25.6 Å². The number of aromatic amines is 3. The summed E-state index contributed by atoms with van der Waals surface area (Å²) in [7, 11) is -1.45. The van der Waals surface area contributed by atoms with Crippen LogP contribution in [0.3, 0.4) is 0 Å². The highest BCUT2D eigenvalue weighted by Gasteiger charge is 2.41. The van der Waals surface area contributed by atoms with Gasteiger partial charge >= 0.3 is 17.1 Å². The highest BCUT2D eigenvalue weighted by Crippen LogP contribution is 2.50. The van der Waals surface area contributed by atoms with Crippen LogP contribution >= 0.6 is 8.53 Å². The molecule has 7 N–H and O–H groups in total. The van der Waals surface area contributed by atoms with E-state index in [1.54, 1.807) is 20.8 Å². The van der Waals surface area contributed by atoms with E-state index in [0.29, 0.717) is 56.2 Å². The maximum Gasteiger partial charge on any atom is 0.330 e. The molecule has 0 aromatic carbocycles. The van der Waals surface area contributed by atoms with E-state index in [-0.39, 0.29) is 56.5 Å². The van der Waals surface area contributed by atoms with Crippen molar-refractivity contribution in [3.05, 3.63) is 109 Å². The number of unbranched alkanes of at least 4 members (excludes halogenated alkanes) is 2. The number of rotatable bonds is 18. The third kappa shape index (κ3) is 15.1. The minimum absolute atomic E-state index is 0.174. The number of hydrogen-bond acceptors (Lipinski definition) is 15. The molecule has 10 atom stereocenters. The van der Waals surface area contributed by atoms with Gasteiger partial charge in [-0.3, -0.25) is 43.0 Å². The minimum Gasteiger partial charge on any atom is -0.390 e. The van der Waals surface area contributed by atoms with E-state index in [2.05, 4.69) is 52.2 Å². The van der Waals surface area contributed by atoms with E-state index in [1.165, 1.54) is 32.3 Å². The lowest BCUT2D eigenvalue weighted by Gasteiger charge is -2.37. The van der Waals surface area contributed by atoms with E-state index in [0.717, 1.165) is 25.7 Å². The molecule has 380 valence electrons. The van der Waals surface area contributed by atoms with Crippen LogP contribution in [-0.4, -0.2) is 112 Å². The second kappa shape index (κ2) is 26.5. The number of nitrogens with two attached hydrogens (primary N) is 1. The van der Waals surface area contributed by atoms with E-state index in [4.69, 9.17) is 38.3 Å². The van der Waals surface area contributed by atoms with Crippen molar-refractivity contribution < 1.29 is 36.2 Å². The van der Waals surface area contributed by atoms with Gasteiger partial charge in [-0.05, 0) is 61.3 Å². The third-order valence-electron chi connectivity index (χ3n) is 11.5. The second-order valence-electron chi connectivity index (χ2n) is 17.6. The summed E-state index contributed by atoms with van der Waals surface area (Å²) in [5.41, 5.74) is 3.90. The normalized spacial score (nSPS) is 25.4. The Morgan fingerprint density at radius 2 is 1.16 bits per heavy atom. The van der Waals surface area contributed by atoms with Crippen LogP contribution in [0.2, 0.25) is 0 Å². The Balaban J connectivity index is 0.000000245. The molecular weight excluding hydrogens is 906 g/mol. The summed E-state index contributed by atoms with van der Waals surface area (Å²) in [5, 5.41) is 19.6. The summed E-state index contributed by atoms with van der Waals surface area (Å²) in [5.74, 6) is 0. The quantitative estimate of drug-likeness (QED) is 0.0607. The standard InChI is InChI=1S/C22H37N4O5P.C13H20N2O4.C10H15N3O4/c1-8-9-10-18-19(13-20(30-18)25-14-17(6)21(27)24-22(25)28)31-32(29-12-11-23-7)26(15(2)3)16(4)5;1-3-4-5-10-9(16)6-11(19-10)15-7-8(2)12(17)14-13(15)18;1-5-4-13(10(16)12-9(5)15)8-2-6(14)7(3-11)17-8/h14-16,18-20H,8-13H2,1-6H3,(H,24,27,28);7,9-11,16H,3-6H2,1-2H3,(H,14,17,18);4,6-8,14H,2-3,11H2,1H3,(H,12,15,16)/t18-,19+,20-,32?;9-,10+,11+;6-,7+,8+/m100/s1/i2*1T;. The highest BCUT2D eigenvalue weighted by atomic mass is 31.2. The van der Waals surface area contributed by atoms with Gasteiger partial charge in [0.2, 0.25) is 6.54 Å². The first-order valence-corrected chi connectivity index (χ1v) is 24.2. The van der Waals surface area contributed by atoms with Gasteiger partial charge in [0.25, 0.3) is 25.2 Å². The maximum absolute atomic E-state index is 12.4. The van der Waals surface area contributed by atoms with E-state index < -0.39 is 79.3 Å². The topological polar surface area (TPSA) is 285 Å². The summed E-state index contributed by atoms with van der Waals surface area (Å²) in [6.45, 7) is 21.7. The van der Waals surface area contributed by atoms with Crippen LogP contribution in [0.25, 0.3) is 4.85 Å². The van der Waals surface area contributed by atoms with Gasteiger partial charge in [-0.1, -0.05) is 39.5 Å². The molecule has 3 aliphatic rings. The number of aromatic nitrogens is 6. The zero-order valence-electron chi connectivity index (χ0n) is 42.1. The smallest absolute Gasteiger partial charge is 0.330 e. The van der Waals surface area contributed by atoms with Gasteiger partial charge in [0.1, 0.15) is 25.3 Å². The average molecular weight is 982 g/mol. The van der Waals surface area contributed by atoms with Crippen LogP contribution in [0.15, 0.2) is 47.4 Å². The van der Waals surface area contributed by atoms with Crippen molar-refractivity contribution in [2.24, 2.45) is 5.73 Å². The van der Waals surface area contributed by atoms with Crippen molar-refractivity contribution in [2.45, 2.75) is 187 Å². The number of hydrogen-bond donors (Lipinski definition) is 6. The van der Waals surface area contributed by atoms with Crippen molar-refractivity contribution in [1.29, 1.82) is 0 Å². The van der Waals surface area contributed by atoms with Crippen LogP contribution in [0.1, 0.15) is 137 Å². The highest BCUT2D eigenvalue weighted by molar-refractivity contribution is 7.44. The molecule has 3 saturated heterocycles. The first-order chi connectivity index (χ1) is 33.2. The van der Waals surface area contributed by atoms with Gasteiger partial charge in [-0.15, -0.1) is 0 Å². The van der Waals surface area contributed by atoms with Crippen molar-refractivity contribution in [3.8, 4) is 0 Å². The molecule has 0 saturated carbocycles. The predicted octanol–water partition coefficient (Wildman–Crippen LogP) is 3.13. The number of aryl methyl sites for hydroxylation is 3. The van der Waals surface area contributed by atoms with Crippen LogP contribution in [0.4, 0.5) is 0 Å². The van der Waals surface area contributed by atoms with E-state index >= 15 is 0 Å². The zero-order valence-corrected chi connectivity index (χ0v) is 41.0. The van der Waals surface area contributed by atoms with E-state index in [1.807, 2.05) is 0 Å². The number of aliphatic hydroxyl groups excluding tert-OH is 2. The third-order valence-corrected chi connectivity index (χ3v) is 13.7. The fraction of sp³-hybridized carbons (Fsp3) is 0.711. The second-order valence-corrected chi connectivity index (χ2v) is 19.0. The number of nitrogens with one attached hydrogen (secondary N) is 3. The molecular formula is C45H72N9O13P. The average Bonchev–Trinajstić information content (AvgIpc) is 4.00. The SMILES string of the molecule is Cc1cn([C@H]2C[C@H](O)[C@@H](CN)O2)c(=O)[nH]c1=O.[3H]CCCC[C@H]1O[C@@H](n2cc(C)c(=O)[nH]c2=O)C[C@@H]1O.[3H]CCCC[C@H]1O[C@@H](n2cc(C)c(=O)[nH]c2=O)C[C@@H]1OP(OCC[N+]#[C-])N(C(C)C)C(C)C. The van der Waals surface area contributed by atoms with Crippen molar-refractivity contribution in [2.75, 3.05) is 19.7 Å². The molecule has 68 heavy (non-hydrogen) atoms.